The van der Waals surface area contributed by atoms with Gasteiger partial charge in [0, 0.05) is 19.5 Å². The lowest BCUT2D eigenvalue weighted by molar-refractivity contribution is -0.144. The van der Waals surface area contributed by atoms with Gasteiger partial charge >= 0.3 is 12.1 Å². The Labute approximate surface area is 237 Å². The highest BCUT2D eigenvalue weighted by molar-refractivity contribution is 5.92. The van der Waals surface area contributed by atoms with Gasteiger partial charge < -0.3 is 30.7 Å². The summed E-state index contributed by atoms with van der Waals surface area (Å²) in [5.41, 5.74) is 6.84. The number of alkyl carbamates (subject to hydrolysis) is 1. The van der Waals surface area contributed by atoms with Gasteiger partial charge in [0.05, 0.1) is 13.0 Å². The number of carbonyl (C=O) groups excluding carboxylic acids is 5. The van der Waals surface area contributed by atoms with Crippen LogP contribution in [0.5, 0.6) is 0 Å². The molecule has 40 heavy (non-hydrogen) atoms. The van der Waals surface area contributed by atoms with Crippen molar-refractivity contribution >= 4 is 29.8 Å². The molecule has 0 spiro atoms. The van der Waals surface area contributed by atoms with Gasteiger partial charge in [-0.05, 0) is 65.5 Å². The summed E-state index contributed by atoms with van der Waals surface area (Å²) in [5.74, 6) is -2.11. The third-order valence-electron chi connectivity index (χ3n) is 5.93. The smallest absolute Gasteiger partial charge is 0.408 e. The van der Waals surface area contributed by atoms with Crippen LogP contribution in [0.15, 0.2) is 18.2 Å². The normalized spacial score (nSPS) is 12.6. The molecule has 0 saturated carbocycles. The van der Waals surface area contributed by atoms with E-state index in [9.17, 15) is 24.0 Å². The number of nitrogens with two attached hydrogens (primary N) is 1. The number of nitrogens with one attached hydrogen (secondary N) is 2. The van der Waals surface area contributed by atoms with Gasteiger partial charge in [-0.15, -0.1) is 0 Å². The van der Waals surface area contributed by atoms with Crippen molar-refractivity contribution in [3.8, 4) is 0 Å². The zero-order chi connectivity index (χ0) is 30.5. The maximum Gasteiger partial charge on any atom is 0.408 e. The Balaban J connectivity index is 3.50. The second kappa shape index (κ2) is 16.5. The number of hydrogen-bond donors (Lipinski definition) is 3. The summed E-state index contributed by atoms with van der Waals surface area (Å²) in [4.78, 5) is 65.3. The Morgan fingerprint density at radius 1 is 1.05 bits per heavy atom. The van der Waals surface area contributed by atoms with Gasteiger partial charge in [0.2, 0.25) is 17.7 Å². The lowest BCUT2D eigenvalue weighted by Gasteiger charge is -2.35. The molecule has 0 bridgehead atoms. The zero-order valence-electron chi connectivity index (χ0n) is 24.9. The molecule has 11 heteroatoms. The van der Waals surface area contributed by atoms with E-state index in [2.05, 4.69) is 10.6 Å². The van der Waals surface area contributed by atoms with E-state index in [4.69, 9.17) is 15.2 Å². The van der Waals surface area contributed by atoms with Crippen LogP contribution in [0.4, 0.5) is 4.79 Å². The minimum Gasteiger partial charge on any atom is -0.466 e. The van der Waals surface area contributed by atoms with Crippen LogP contribution in [-0.2, 0) is 28.7 Å². The monoisotopic (exact) mass is 562 g/mol. The van der Waals surface area contributed by atoms with Crippen molar-refractivity contribution in [3.63, 3.8) is 0 Å². The molecule has 0 aliphatic carbocycles. The predicted octanol–water partition coefficient (Wildman–Crippen LogP) is 3.20. The second-order valence-electron chi connectivity index (χ2n) is 10.7. The van der Waals surface area contributed by atoms with Gasteiger partial charge in [-0.3, -0.25) is 19.2 Å². The minimum atomic E-state index is -1.17. The second-order valence-corrected chi connectivity index (χ2v) is 10.7. The topological polar surface area (TPSA) is 157 Å². The highest BCUT2D eigenvalue weighted by Crippen LogP contribution is 2.27. The molecule has 0 aliphatic heterocycles. The first-order chi connectivity index (χ1) is 18.7. The third kappa shape index (κ3) is 12.0. The van der Waals surface area contributed by atoms with Crippen molar-refractivity contribution < 1.29 is 33.4 Å². The van der Waals surface area contributed by atoms with E-state index in [1.54, 1.807) is 27.7 Å². The highest BCUT2D eigenvalue weighted by atomic mass is 16.6. The fourth-order valence-corrected chi connectivity index (χ4v) is 4.01. The Kier molecular flexibility index (Phi) is 14.2. The molecular formula is C29H46N4O7. The third-order valence-corrected chi connectivity index (χ3v) is 5.93. The van der Waals surface area contributed by atoms with Crippen molar-refractivity contribution in [1.29, 1.82) is 0 Å². The molecule has 0 saturated heterocycles. The molecule has 2 unspecified atom stereocenters. The quantitative estimate of drug-likeness (QED) is 0.277. The van der Waals surface area contributed by atoms with Crippen LogP contribution in [0.2, 0.25) is 0 Å². The van der Waals surface area contributed by atoms with Crippen LogP contribution in [0.25, 0.3) is 0 Å². The number of esters is 1. The van der Waals surface area contributed by atoms with Gasteiger partial charge in [0.15, 0.2) is 0 Å². The van der Waals surface area contributed by atoms with Crippen LogP contribution in [0.3, 0.4) is 0 Å². The molecule has 11 nitrogen and oxygen atoms in total. The number of nitrogens with zero attached hydrogens (tertiary/aromatic N) is 1. The first kappa shape index (κ1) is 34.4. The molecule has 224 valence electrons. The summed E-state index contributed by atoms with van der Waals surface area (Å²) < 4.78 is 10.3. The SMILES string of the molecule is CCCCN(C(=O)C(CCC(N)=O)NC(=O)OC(C)(C)C)C(C(=O)NCCC(=O)OCC)c1cc(C)ccc1C. The van der Waals surface area contributed by atoms with Gasteiger partial charge in [-0.25, -0.2) is 4.79 Å². The van der Waals surface area contributed by atoms with Crippen molar-refractivity contribution in [1.82, 2.24) is 15.5 Å². The van der Waals surface area contributed by atoms with E-state index < -0.39 is 47.5 Å². The predicted molar refractivity (Wildman–Crippen MR) is 151 cm³/mol. The van der Waals surface area contributed by atoms with Gasteiger partial charge in [0.1, 0.15) is 17.7 Å². The average Bonchev–Trinajstić information content (AvgIpc) is 2.84. The molecule has 0 fully saturated rings. The Morgan fingerprint density at radius 3 is 2.30 bits per heavy atom. The van der Waals surface area contributed by atoms with Gasteiger partial charge in [-0.1, -0.05) is 37.1 Å². The maximum absolute atomic E-state index is 14.1. The van der Waals surface area contributed by atoms with E-state index in [-0.39, 0.29) is 39.0 Å². The number of primary amides is 1. The molecule has 2 atom stereocenters. The van der Waals surface area contributed by atoms with Crippen molar-refractivity contribution in [2.75, 3.05) is 19.7 Å². The average molecular weight is 563 g/mol. The lowest BCUT2D eigenvalue weighted by Crippen LogP contribution is -2.53. The fraction of sp³-hybridized carbons (Fsp3) is 0.621. The van der Waals surface area contributed by atoms with E-state index in [0.29, 0.717) is 12.0 Å². The number of benzene rings is 1. The zero-order valence-corrected chi connectivity index (χ0v) is 24.9. The first-order valence-corrected chi connectivity index (χ1v) is 13.8. The first-order valence-electron chi connectivity index (χ1n) is 13.8. The number of hydrogen-bond acceptors (Lipinski definition) is 7. The van der Waals surface area contributed by atoms with E-state index in [0.717, 1.165) is 17.5 Å². The lowest BCUT2D eigenvalue weighted by atomic mass is 9.95. The summed E-state index contributed by atoms with van der Waals surface area (Å²) in [5, 5.41) is 5.35. The van der Waals surface area contributed by atoms with Crippen LogP contribution in [-0.4, -0.2) is 66.0 Å². The Hall–Kier alpha value is -3.63. The summed E-state index contributed by atoms with van der Waals surface area (Å²) in [7, 11) is 0. The molecule has 0 heterocycles. The standard InChI is InChI=1S/C29H46N4O7/c1-8-10-17-33(27(37)22(13-14-23(30)34)32-28(38)40-29(5,6)7)25(21-18-19(3)11-12-20(21)4)26(36)31-16-15-24(35)39-9-2/h11-12,18,22,25H,8-10,13-17H2,1-7H3,(H2,30,34)(H,31,36)(H,32,38). The van der Waals surface area contributed by atoms with E-state index in [1.165, 1.54) is 4.90 Å². The van der Waals surface area contributed by atoms with Gasteiger partial charge in [0.25, 0.3) is 0 Å². The maximum atomic E-state index is 14.1. The molecule has 0 aromatic heterocycles. The highest BCUT2D eigenvalue weighted by Gasteiger charge is 2.36. The van der Waals surface area contributed by atoms with Crippen molar-refractivity contribution in [2.45, 2.75) is 98.3 Å². The molecule has 0 aliphatic rings. The molecule has 1 rings (SSSR count). The van der Waals surface area contributed by atoms with Crippen LogP contribution in [0.1, 0.15) is 89.5 Å². The van der Waals surface area contributed by atoms with E-state index in [1.807, 2.05) is 39.0 Å². The van der Waals surface area contributed by atoms with Crippen LogP contribution < -0.4 is 16.4 Å². The number of carbonyl (C=O) groups is 5. The van der Waals surface area contributed by atoms with Crippen LogP contribution >= 0.6 is 0 Å². The van der Waals surface area contributed by atoms with Crippen LogP contribution in [0, 0.1) is 13.8 Å². The Morgan fingerprint density at radius 2 is 1.73 bits per heavy atom. The van der Waals surface area contributed by atoms with Crippen molar-refractivity contribution in [2.24, 2.45) is 5.73 Å². The molecular weight excluding hydrogens is 516 g/mol. The number of amides is 4. The van der Waals surface area contributed by atoms with E-state index >= 15 is 0 Å². The summed E-state index contributed by atoms with van der Waals surface area (Å²) >= 11 is 0. The fourth-order valence-electron chi connectivity index (χ4n) is 4.01. The molecule has 0 radical (unpaired) electrons. The number of aryl methyl sites for hydroxylation is 2. The molecule has 1 aromatic carbocycles. The molecule has 4 N–H and O–H groups in total. The number of unbranched alkanes of at least 4 members (excludes halogenated alkanes) is 1. The molecule has 1 aromatic rings. The minimum absolute atomic E-state index is 0.0239. The summed E-state index contributed by atoms with van der Waals surface area (Å²) in [6.07, 6.45) is 0.238. The summed E-state index contributed by atoms with van der Waals surface area (Å²) in [6, 6.07) is 3.40. The molecule has 4 amide bonds. The Bertz CT molecular complexity index is 1040. The van der Waals surface area contributed by atoms with Gasteiger partial charge in [-0.2, -0.15) is 0 Å². The summed E-state index contributed by atoms with van der Waals surface area (Å²) in [6.45, 7) is 12.9. The number of rotatable bonds is 15. The number of ether oxygens (including phenoxy) is 2. The van der Waals surface area contributed by atoms with Crippen molar-refractivity contribution in [3.05, 3.63) is 34.9 Å². The largest absolute Gasteiger partial charge is 0.466 e.